The van der Waals surface area contributed by atoms with E-state index in [2.05, 4.69) is 20.9 Å². The largest absolute Gasteiger partial charge is 0.493 e. The Bertz CT molecular complexity index is 886. The molecule has 5 nitrogen and oxygen atoms in total. The van der Waals surface area contributed by atoms with Gasteiger partial charge in [0.05, 0.1) is 19.1 Å². The third-order valence-corrected chi connectivity index (χ3v) is 3.83. The molecule has 0 radical (unpaired) electrons. The third-order valence-electron chi connectivity index (χ3n) is 3.30. The van der Waals surface area contributed by atoms with Crippen molar-refractivity contribution in [2.45, 2.75) is 0 Å². The summed E-state index contributed by atoms with van der Waals surface area (Å²) in [6.07, 6.45) is 3.12. The van der Waals surface area contributed by atoms with Crippen molar-refractivity contribution in [3.8, 4) is 11.5 Å². The van der Waals surface area contributed by atoms with Crippen LogP contribution in [-0.4, -0.2) is 19.3 Å². The van der Waals surface area contributed by atoms with E-state index in [1.54, 1.807) is 30.5 Å². The van der Waals surface area contributed by atoms with Gasteiger partial charge in [-0.2, -0.15) is 0 Å². The molecular weight excluding hydrogens is 386 g/mol. The van der Waals surface area contributed by atoms with Gasteiger partial charge in [0.1, 0.15) is 0 Å². The van der Waals surface area contributed by atoms with Crippen LogP contribution in [0.2, 0.25) is 0 Å². The number of rotatable bonds is 5. The molecule has 0 bridgehead atoms. The van der Waals surface area contributed by atoms with E-state index in [4.69, 9.17) is 13.9 Å². The van der Waals surface area contributed by atoms with Crippen LogP contribution in [0.3, 0.4) is 0 Å². The van der Waals surface area contributed by atoms with Crippen LogP contribution in [0.5, 0.6) is 11.5 Å². The van der Waals surface area contributed by atoms with E-state index < -0.39 is 5.97 Å². The van der Waals surface area contributed by atoms with Crippen LogP contribution in [0.4, 0.5) is 5.69 Å². The molecule has 25 heavy (non-hydrogen) atoms. The van der Waals surface area contributed by atoms with E-state index in [9.17, 15) is 4.79 Å². The molecular formula is C19H14BrNO4. The van der Waals surface area contributed by atoms with Crippen LogP contribution >= 0.6 is 15.9 Å². The van der Waals surface area contributed by atoms with Crippen LogP contribution in [0, 0.1) is 0 Å². The van der Waals surface area contributed by atoms with E-state index in [1.807, 2.05) is 24.3 Å². The fourth-order valence-corrected chi connectivity index (χ4v) is 2.33. The zero-order chi connectivity index (χ0) is 17.6. The molecule has 0 unspecified atom stereocenters. The van der Waals surface area contributed by atoms with E-state index in [0.717, 1.165) is 15.7 Å². The topological polar surface area (TPSA) is 61.0 Å². The summed E-state index contributed by atoms with van der Waals surface area (Å²) in [6, 6.07) is 16.0. The molecule has 126 valence electrons. The number of ether oxygens (including phenoxy) is 2. The number of aliphatic imine (C=N–C) groups is 1. The van der Waals surface area contributed by atoms with Crippen molar-refractivity contribution >= 4 is 33.8 Å². The highest BCUT2D eigenvalue weighted by atomic mass is 79.9. The van der Waals surface area contributed by atoms with Gasteiger partial charge < -0.3 is 13.9 Å². The lowest BCUT2D eigenvalue weighted by Crippen LogP contribution is -2.08. The maximum atomic E-state index is 12.0. The molecule has 0 spiro atoms. The van der Waals surface area contributed by atoms with Gasteiger partial charge in [-0.1, -0.05) is 15.9 Å². The van der Waals surface area contributed by atoms with Crippen molar-refractivity contribution in [3.63, 3.8) is 0 Å². The van der Waals surface area contributed by atoms with E-state index in [-0.39, 0.29) is 5.76 Å². The average molecular weight is 400 g/mol. The zero-order valence-corrected chi connectivity index (χ0v) is 14.9. The lowest BCUT2D eigenvalue weighted by atomic mass is 10.2. The summed E-state index contributed by atoms with van der Waals surface area (Å²) in [7, 11) is 1.51. The van der Waals surface area contributed by atoms with Crippen LogP contribution < -0.4 is 9.47 Å². The average Bonchev–Trinajstić information content (AvgIpc) is 3.17. The van der Waals surface area contributed by atoms with Crippen molar-refractivity contribution in [1.29, 1.82) is 0 Å². The van der Waals surface area contributed by atoms with E-state index in [0.29, 0.717) is 11.5 Å². The number of carbonyl (C=O) groups excluding carboxylic acids is 1. The van der Waals surface area contributed by atoms with Crippen LogP contribution in [0.1, 0.15) is 16.1 Å². The molecule has 3 rings (SSSR count). The predicted octanol–water partition coefficient (Wildman–Crippen LogP) is 5.02. The molecule has 0 fully saturated rings. The number of hydrogen-bond donors (Lipinski definition) is 0. The lowest BCUT2D eigenvalue weighted by molar-refractivity contribution is 0.0696. The Morgan fingerprint density at radius 2 is 1.92 bits per heavy atom. The van der Waals surface area contributed by atoms with Gasteiger partial charge in [0, 0.05) is 10.7 Å². The number of carbonyl (C=O) groups is 1. The maximum absolute atomic E-state index is 12.0. The number of halogens is 1. The molecule has 3 aromatic rings. The summed E-state index contributed by atoms with van der Waals surface area (Å²) in [6.45, 7) is 0. The highest BCUT2D eigenvalue weighted by Gasteiger charge is 2.14. The number of methoxy groups -OCH3 is 1. The summed E-state index contributed by atoms with van der Waals surface area (Å²) in [5, 5.41) is 0. The van der Waals surface area contributed by atoms with Gasteiger partial charge in [0.15, 0.2) is 11.5 Å². The van der Waals surface area contributed by atoms with E-state index >= 15 is 0 Å². The molecule has 0 N–H and O–H groups in total. The Hall–Kier alpha value is -2.86. The van der Waals surface area contributed by atoms with Gasteiger partial charge in [-0.15, -0.1) is 0 Å². The molecule has 0 amide bonds. The quantitative estimate of drug-likeness (QED) is 0.343. The van der Waals surface area contributed by atoms with Crippen LogP contribution in [0.25, 0.3) is 0 Å². The van der Waals surface area contributed by atoms with Crippen LogP contribution in [-0.2, 0) is 0 Å². The molecule has 0 aliphatic carbocycles. The Balaban J connectivity index is 1.77. The standard InChI is InChI=1S/C19H14BrNO4/c1-23-18-11-13(12-21-15-7-5-14(20)6-8-15)4-9-16(18)25-19(22)17-3-2-10-24-17/h2-12H,1H3. The first kappa shape index (κ1) is 17.0. The normalized spacial score (nSPS) is 10.8. The summed E-state index contributed by atoms with van der Waals surface area (Å²) in [5.41, 5.74) is 1.65. The summed E-state index contributed by atoms with van der Waals surface area (Å²) >= 11 is 3.39. The summed E-state index contributed by atoms with van der Waals surface area (Å²) < 4.78 is 16.6. The second-order valence-electron chi connectivity index (χ2n) is 5.01. The molecule has 6 heteroatoms. The van der Waals surface area contributed by atoms with Crippen molar-refractivity contribution in [2.24, 2.45) is 4.99 Å². The first-order chi connectivity index (χ1) is 12.2. The molecule has 0 aliphatic rings. The van der Waals surface area contributed by atoms with Gasteiger partial charge in [0.25, 0.3) is 0 Å². The first-order valence-corrected chi connectivity index (χ1v) is 8.18. The second-order valence-corrected chi connectivity index (χ2v) is 5.93. The molecule has 0 atom stereocenters. The Morgan fingerprint density at radius 1 is 1.12 bits per heavy atom. The van der Waals surface area contributed by atoms with Crippen molar-refractivity contribution < 1.29 is 18.7 Å². The summed E-state index contributed by atoms with van der Waals surface area (Å²) in [5.74, 6) is 0.284. The Morgan fingerprint density at radius 3 is 2.60 bits per heavy atom. The Kier molecular flexibility index (Phi) is 5.30. The van der Waals surface area contributed by atoms with Gasteiger partial charge in [-0.05, 0) is 60.2 Å². The second kappa shape index (κ2) is 7.81. The molecule has 0 saturated carbocycles. The lowest BCUT2D eigenvalue weighted by Gasteiger charge is -2.09. The Labute approximate surface area is 153 Å². The number of esters is 1. The van der Waals surface area contributed by atoms with Gasteiger partial charge in [0.2, 0.25) is 5.76 Å². The highest BCUT2D eigenvalue weighted by Crippen LogP contribution is 2.28. The molecule has 2 aromatic carbocycles. The number of furan rings is 1. The monoisotopic (exact) mass is 399 g/mol. The smallest absolute Gasteiger partial charge is 0.379 e. The molecule has 1 heterocycles. The van der Waals surface area contributed by atoms with Gasteiger partial charge in [-0.25, -0.2) is 4.79 Å². The first-order valence-electron chi connectivity index (χ1n) is 7.39. The van der Waals surface area contributed by atoms with Crippen molar-refractivity contribution in [3.05, 3.63) is 76.7 Å². The summed E-state index contributed by atoms with van der Waals surface area (Å²) in [4.78, 5) is 16.4. The van der Waals surface area contributed by atoms with Crippen molar-refractivity contribution in [1.82, 2.24) is 0 Å². The number of nitrogens with zero attached hydrogens (tertiary/aromatic N) is 1. The van der Waals surface area contributed by atoms with Gasteiger partial charge >= 0.3 is 5.97 Å². The minimum Gasteiger partial charge on any atom is -0.493 e. The highest BCUT2D eigenvalue weighted by molar-refractivity contribution is 9.10. The predicted molar refractivity (Wildman–Crippen MR) is 98.1 cm³/mol. The SMILES string of the molecule is COc1cc(C=Nc2ccc(Br)cc2)ccc1OC(=O)c1ccco1. The molecule has 1 aromatic heterocycles. The van der Waals surface area contributed by atoms with E-state index in [1.165, 1.54) is 19.4 Å². The molecule has 0 aliphatic heterocycles. The third kappa shape index (κ3) is 4.36. The fourth-order valence-electron chi connectivity index (χ4n) is 2.07. The number of benzene rings is 2. The zero-order valence-electron chi connectivity index (χ0n) is 13.3. The van der Waals surface area contributed by atoms with Gasteiger partial charge in [-0.3, -0.25) is 4.99 Å². The maximum Gasteiger partial charge on any atom is 0.379 e. The minimum absolute atomic E-state index is 0.128. The number of hydrogen-bond acceptors (Lipinski definition) is 5. The van der Waals surface area contributed by atoms with Crippen LogP contribution in [0.15, 0.2) is 74.7 Å². The molecule has 0 saturated heterocycles. The minimum atomic E-state index is -0.584. The fraction of sp³-hybridized carbons (Fsp3) is 0.0526. The van der Waals surface area contributed by atoms with Crippen molar-refractivity contribution in [2.75, 3.05) is 7.11 Å².